The highest BCUT2D eigenvalue weighted by Gasteiger charge is 2.01. The quantitative estimate of drug-likeness (QED) is 0.635. The number of carbonyl (C=O) groups excluding carboxylic acids is 1. The predicted molar refractivity (Wildman–Crippen MR) is 60.6 cm³/mol. The van der Waals surface area contributed by atoms with Crippen molar-refractivity contribution in [3.8, 4) is 0 Å². The number of ether oxygens (including phenoxy) is 1. The number of anilines is 1. The molecule has 1 N–H and O–H groups in total. The third-order valence-corrected chi connectivity index (χ3v) is 1.88. The molecular weight excluding hydrogens is 228 g/mol. The number of nitrogens with one attached hydrogen (secondary N) is 1. The van der Waals surface area contributed by atoms with E-state index in [4.69, 9.17) is 0 Å². The Kier molecular flexibility index (Phi) is 5.13. The Morgan fingerprint density at radius 2 is 2.24 bits per heavy atom. The third-order valence-electron chi connectivity index (χ3n) is 1.88. The highest BCUT2D eigenvalue weighted by Crippen LogP contribution is 2.14. The molecule has 0 atom stereocenters. The normalized spacial score (nSPS) is 10.5. The van der Waals surface area contributed by atoms with Crippen LogP contribution < -0.4 is 5.32 Å². The van der Waals surface area contributed by atoms with Gasteiger partial charge in [-0.15, -0.1) is 0 Å². The van der Waals surface area contributed by atoms with E-state index < -0.39 is 17.6 Å². The molecule has 0 saturated carbocycles. The molecule has 0 spiro atoms. The molecule has 0 heterocycles. The van der Waals surface area contributed by atoms with E-state index >= 15 is 0 Å². The monoisotopic (exact) mass is 241 g/mol. The number of halogens is 2. The largest absolute Gasteiger partial charge is 0.463 e. The summed E-state index contributed by atoms with van der Waals surface area (Å²) >= 11 is 0. The van der Waals surface area contributed by atoms with Gasteiger partial charge in [-0.1, -0.05) is 6.08 Å². The van der Waals surface area contributed by atoms with Crippen LogP contribution in [0.5, 0.6) is 0 Å². The molecule has 0 aliphatic rings. The van der Waals surface area contributed by atoms with Gasteiger partial charge < -0.3 is 10.1 Å². The second-order valence-corrected chi connectivity index (χ2v) is 3.16. The maximum Gasteiger partial charge on any atom is 0.330 e. The van der Waals surface area contributed by atoms with Crippen molar-refractivity contribution in [2.75, 3.05) is 18.5 Å². The van der Waals surface area contributed by atoms with Crippen molar-refractivity contribution in [3.63, 3.8) is 0 Å². The van der Waals surface area contributed by atoms with Crippen LogP contribution in [-0.2, 0) is 9.53 Å². The molecular formula is C12H13F2NO2. The predicted octanol–water partition coefficient (Wildman–Crippen LogP) is 2.50. The molecule has 0 aliphatic carbocycles. The molecule has 0 unspecified atom stereocenters. The number of esters is 1. The molecule has 1 aromatic rings. The SMILES string of the molecule is CCOC(=O)/C=C/CNc1cc(F)ccc1F. The number of benzene rings is 1. The van der Waals surface area contributed by atoms with Gasteiger partial charge in [0.25, 0.3) is 0 Å². The minimum absolute atomic E-state index is 0.0542. The maximum absolute atomic E-state index is 13.1. The Morgan fingerprint density at radius 1 is 1.47 bits per heavy atom. The summed E-state index contributed by atoms with van der Waals surface area (Å²) < 4.78 is 30.6. The van der Waals surface area contributed by atoms with Gasteiger partial charge in [0.05, 0.1) is 12.3 Å². The molecule has 0 saturated heterocycles. The zero-order chi connectivity index (χ0) is 12.7. The molecule has 0 aromatic heterocycles. The Balaban J connectivity index is 2.45. The zero-order valence-corrected chi connectivity index (χ0v) is 9.37. The first kappa shape index (κ1) is 13.2. The first-order valence-corrected chi connectivity index (χ1v) is 5.15. The molecule has 17 heavy (non-hydrogen) atoms. The highest BCUT2D eigenvalue weighted by molar-refractivity contribution is 5.81. The Bertz CT molecular complexity index is 419. The summed E-state index contributed by atoms with van der Waals surface area (Å²) in [6.45, 7) is 2.21. The Hall–Kier alpha value is -1.91. The summed E-state index contributed by atoms with van der Waals surface area (Å²) in [5, 5.41) is 2.64. The van der Waals surface area contributed by atoms with Gasteiger partial charge in [0.15, 0.2) is 0 Å². The van der Waals surface area contributed by atoms with Gasteiger partial charge >= 0.3 is 5.97 Å². The van der Waals surface area contributed by atoms with E-state index in [2.05, 4.69) is 10.1 Å². The topological polar surface area (TPSA) is 38.3 Å². The summed E-state index contributed by atoms with van der Waals surface area (Å²) in [6, 6.07) is 3.12. The van der Waals surface area contributed by atoms with Crippen LogP contribution in [0.15, 0.2) is 30.4 Å². The van der Waals surface area contributed by atoms with Crippen LogP contribution in [0.4, 0.5) is 14.5 Å². The maximum atomic E-state index is 13.1. The summed E-state index contributed by atoms with van der Waals surface area (Å²) in [7, 11) is 0. The third kappa shape index (κ3) is 4.63. The average Bonchev–Trinajstić information content (AvgIpc) is 2.29. The van der Waals surface area contributed by atoms with Gasteiger partial charge in [-0.2, -0.15) is 0 Å². The fraction of sp³-hybridized carbons (Fsp3) is 0.250. The fourth-order valence-electron chi connectivity index (χ4n) is 1.15. The van der Waals surface area contributed by atoms with Gasteiger partial charge in [0.1, 0.15) is 11.6 Å². The lowest BCUT2D eigenvalue weighted by atomic mass is 10.3. The van der Waals surface area contributed by atoms with Gasteiger partial charge in [0, 0.05) is 12.6 Å². The molecule has 0 radical (unpaired) electrons. The van der Waals surface area contributed by atoms with E-state index in [-0.39, 0.29) is 12.2 Å². The molecule has 0 fully saturated rings. The standard InChI is InChI=1S/C12H13F2NO2/c1-2-17-12(16)4-3-7-15-11-8-9(13)5-6-10(11)14/h3-6,8,15H,2,7H2,1H3/b4-3+. The van der Waals surface area contributed by atoms with E-state index in [9.17, 15) is 13.6 Å². The molecule has 1 rings (SSSR count). The summed E-state index contributed by atoms with van der Waals surface area (Å²) in [6.07, 6.45) is 2.70. The smallest absolute Gasteiger partial charge is 0.330 e. The molecule has 0 amide bonds. The minimum atomic E-state index is -0.545. The van der Waals surface area contributed by atoms with E-state index in [0.29, 0.717) is 6.61 Å². The van der Waals surface area contributed by atoms with Gasteiger partial charge in [-0.25, -0.2) is 13.6 Å². The van der Waals surface area contributed by atoms with Crippen molar-refractivity contribution in [2.45, 2.75) is 6.92 Å². The van der Waals surface area contributed by atoms with Crippen LogP contribution in [0.2, 0.25) is 0 Å². The summed E-state index contributed by atoms with van der Waals surface area (Å²) in [5.74, 6) is -1.53. The van der Waals surface area contributed by atoms with Crippen LogP contribution in [0, 0.1) is 11.6 Å². The fourth-order valence-corrected chi connectivity index (χ4v) is 1.15. The summed E-state index contributed by atoms with van der Waals surface area (Å²) in [5.41, 5.74) is 0.0542. The van der Waals surface area contributed by atoms with Crippen LogP contribution in [0.3, 0.4) is 0 Å². The van der Waals surface area contributed by atoms with Crippen molar-refractivity contribution in [2.24, 2.45) is 0 Å². The zero-order valence-electron chi connectivity index (χ0n) is 9.37. The number of hydrogen-bond acceptors (Lipinski definition) is 3. The molecule has 0 aliphatic heterocycles. The van der Waals surface area contributed by atoms with Crippen LogP contribution in [0.25, 0.3) is 0 Å². The minimum Gasteiger partial charge on any atom is -0.463 e. The van der Waals surface area contributed by atoms with E-state index in [0.717, 1.165) is 18.2 Å². The van der Waals surface area contributed by atoms with Crippen LogP contribution in [0.1, 0.15) is 6.92 Å². The van der Waals surface area contributed by atoms with Gasteiger partial charge in [-0.05, 0) is 25.1 Å². The highest BCUT2D eigenvalue weighted by atomic mass is 19.1. The van der Waals surface area contributed by atoms with Crippen molar-refractivity contribution in [3.05, 3.63) is 42.0 Å². The van der Waals surface area contributed by atoms with Crippen LogP contribution >= 0.6 is 0 Å². The van der Waals surface area contributed by atoms with Crippen LogP contribution in [-0.4, -0.2) is 19.1 Å². The molecule has 3 nitrogen and oxygen atoms in total. The van der Waals surface area contributed by atoms with Crippen molar-refractivity contribution in [1.29, 1.82) is 0 Å². The number of hydrogen-bond donors (Lipinski definition) is 1. The Morgan fingerprint density at radius 3 is 2.94 bits per heavy atom. The second kappa shape index (κ2) is 6.62. The number of carbonyl (C=O) groups is 1. The lowest BCUT2D eigenvalue weighted by Crippen LogP contribution is -2.03. The van der Waals surface area contributed by atoms with E-state index in [1.807, 2.05) is 0 Å². The van der Waals surface area contributed by atoms with Crippen molar-refractivity contribution >= 4 is 11.7 Å². The van der Waals surface area contributed by atoms with E-state index in [1.54, 1.807) is 6.92 Å². The van der Waals surface area contributed by atoms with Gasteiger partial charge in [-0.3, -0.25) is 0 Å². The molecule has 0 bridgehead atoms. The first-order chi connectivity index (χ1) is 8.13. The molecule has 1 aromatic carbocycles. The number of rotatable bonds is 5. The average molecular weight is 241 g/mol. The lowest BCUT2D eigenvalue weighted by Gasteiger charge is -2.04. The van der Waals surface area contributed by atoms with E-state index in [1.165, 1.54) is 12.2 Å². The molecule has 5 heteroatoms. The van der Waals surface area contributed by atoms with Crippen molar-refractivity contribution in [1.82, 2.24) is 0 Å². The summed E-state index contributed by atoms with van der Waals surface area (Å²) in [4.78, 5) is 10.9. The molecule has 92 valence electrons. The van der Waals surface area contributed by atoms with Crippen molar-refractivity contribution < 1.29 is 18.3 Å². The van der Waals surface area contributed by atoms with Gasteiger partial charge in [0.2, 0.25) is 0 Å². The first-order valence-electron chi connectivity index (χ1n) is 5.15. The lowest BCUT2D eigenvalue weighted by molar-refractivity contribution is -0.137. The second-order valence-electron chi connectivity index (χ2n) is 3.16. The Labute approximate surface area is 98.1 Å².